The summed E-state index contributed by atoms with van der Waals surface area (Å²) >= 11 is 1.41. The molecule has 8 heteroatoms. The molecule has 0 spiro atoms. The van der Waals surface area contributed by atoms with Crippen LogP contribution in [0.2, 0.25) is 0 Å². The van der Waals surface area contributed by atoms with Crippen LogP contribution in [-0.4, -0.2) is 54.3 Å². The average Bonchev–Trinajstić information content (AvgIpc) is 2.99. The van der Waals surface area contributed by atoms with E-state index in [1.807, 2.05) is 49.9 Å². The molecule has 3 rings (SSSR count). The summed E-state index contributed by atoms with van der Waals surface area (Å²) < 4.78 is 29.4. The monoisotopic (exact) mass is 396 g/mol. The van der Waals surface area contributed by atoms with Crippen LogP contribution in [0.4, 0.5) is 0 Å². The first-order chi connectivity index (χ1) is 12.1. The van der Waals surface area contributed by atoms with Crippen molar-refractivity contribution in [1.82, 2.24) is 4.90 Å². The van der Waals surface area contributed by atoms with Gasteiger partial charge in [0, 0.05) is 17.2 Å². The van der Waals surface area contributed by atoms with E-state index < -0.39 is 15.3 Å². The lowest BCUT2D eigenvalue weighted by Gasteiger charge is -2.25. The van der Waals surface area contributed by atoms with E-state index in [9.17, 15) is 13.2 Å². The molecule has 0 saturated carbocycles. The highest BCUT2D eigenvalue weighted by molar-refractivity contribution is 8.15. The van der Waals surface area contributed by atoms with Crippen LogP contribution in [0.5, 0.6) is 5.75 Å². The first-order valence-electron chi connectivity index (χ1n) is 8.49. The fourth-order valence-corrected chi connectivity index (χ4v) is 6.99. The minimum atomic E-state index is -3.05. The number of carbonyl (C=O) groups is 1. The summed E-state index contributed by atoms with van der Waals surface area (Å²) in [5, 5.41) is 0.551. The van der Waals surface area contributed by atoms with Crippen LogP contribution in [-0.2, 0) is 21.2 Å². The maximum atomic E-state index is 12.4. The Hall–Kier alpha value is -1.54. The third-order valence-electron chi connectivity index (χ3n) is 4.50. The molecule has 26 heavy (non-hydrogen) atoms. The lowest BCUT2D eigenvalue weighted by molar-refractivity contribution is -0.124. The molecule has 2 saturated heterocycles. The van der Waals surface area contributed by atoms with E-state index in [4.69, 9.17) is 4.74 Å². The summed E-state index contributed by atoms with van der Waals surface area (Å²) in [5.41, 5.74) is 0.421. The van der Waals surface area contributed by atoms with E-state index in [0.29, 0.717) is 11.7 Å². The number of carbonyl (C=O) groups excluding carboxylic acids is 1. The number of hydrogen-bond donors (Lipinski definition) is 0. The van der Waals surface area contributed by atoms with Crippen molar-refractivity contribution in [2.24, 2.45) is 10.4 Å². The topological polar surface area (TPSA) is 76.0 Å². The first-order valence-corrected chi connectivity index (χ1v) is 11.2. The van der Waals surface area contributed by atoms with Gasteiger partial charge in [-0.05, 0) is 17.7 Å². The molecule has 0 N–H and O–H groups in total. The number of fused-ring (bicyclic) bond motifs is 1. The number of nitrogens with zero attached hydrogens (tertiary/aromatic N) is 2. The molecule has 2 aliphatic rings. The molecule has 1 amide bonds. The number of amidine groups is 1. The van der Waals surface area contributed by atoms with Gasteiger partial charge in [-0.15, -0.1) is 0 Å². The highest BCUT2D eigenvalue weighted by Crippen LogP contribution is 2.39. The van der Waals surface area contributed by atoms with E-state index in [0.717, 1.165) is 11.3 Å². The van der Waals surface area contributed by atoms with Crippen molar-refractivity contribution in [3.63, 3.8) is 0 Å². The molecule has 1 aromatic carbocycles. The molecule has 0 aromatic heterocycles. The van der Waals surface area contributed by atoms with E-state index in [1.165, 1.54) is 11.8 Å². The number of ether oxygens (including phenoxy) is 1. The molecule has 0 bridgehead atoms. The lowest BCUT2D eigenvalue weighted by Crippen LogP contribution is -2.37. The molecular formula is C18H24N2O4S2. The summed E-state index contributed by atoms with van der Waals surface area (Å²) in [5.74, 6) is 0.796. The summed E-state index contributed by atoms with van der Waals surface area (Å²) in [6.07, 6.45) is 0. The van der Waals surface area contributed by atoms with Crippen LogP contribution in [0.1, 0.15) is 26.3 Å². The normalized spacial score (nSPS) is 26.2. The first kappa shape index (κ1) is 19.2. The van der Waals surface area contributed by atoms with Gasteiger partial charge in [0.25, 0.3) is 5.91 Å². The Kier molecular flexibility index (Phi) is 5.09. The second-order valence-electron chi connectivity index (χ2n) is 7.73. The van der Waals surface area contributed by atoms with Gasteiger partial charge in [0.1, 0.15) is 5.75 Å². The fraction of sp³-hybridized carbons (Fsp3) is 0.556. The maximum absolute atomic E-state index is 12.4. The molecule has 1 aromatic rings. The van der Waals surface area contributed by atoms with Gasteiger partial charge >= 0.3 is 0 Å². The lowest BCUT2D eigenvalue weighted by atomic mass is 9.96. The van der Waals surface area contributed by atoms with Crippen molar-refractivity contribution in [3.05, 3.63) is 29.8 Å². The average molecular weight is 397 g/mol. The molecule has 2 atom stereocenters. The van der Waals surface area contributed by atoms with Crippen molar-refractivity contribution < 1.29 is 17.9 Å². The Morgan fingerprint density at radius 1 is 1.35 bits per heavy atom. The van der Waals surface area contributed by atoms with Crippen LogP contribution in [0.3, 0.4) is 0 Å². The van der Waals surface area contributed by atoms with Crippen molar-refractivity contribution in [1.29, 1.82) is 0 Å². The number of sulfone groups is 1. The van der Waals surface area contributed by atoms with Crippen LogP contribution in [0.25, 0.3) is 0 Å². The molecule has 0 unspecified atom stereocenters. The fourth-order valence-electron chi connectivity index (χ4n) is 3.04. The smallest absolute Gasteiger partial charge is 0.253 e. The van der Waals surface area contributed by atoms with Gasteiger partial charge in [-0.25, -0.2) is 8.42 Å². The Bertz CT molecular complexity index is 843. The van der Waals surface area contributed by atoms with Crippen LogP contribution in [0.15, 0.2) is 29.3 Å². The van der Waals surface area contributed by atoms with Gasteiger partial charge in [-0.1, -0.05) is 44.7 Å². The zero-order chi connectivity index (χ0) is 19.1. The van der Waals surface area contributed by atoms with Crippen molar-refractivity contribution in [3.8, 4) is 5.75 Å². The molecule has 0 aliphatic carbocycles. The van der Waals surface area contributed by atoms with E-state index >= 15 is 0 Å². The van der Waals surface area contributed by atoms with Crippen molar-refractivity contribution >= 4 is 32.7 Å². The number of thioether (sulfide) groups is 1. The van der Waals surface area contributed by atoms with Crippen LogP contribution in [0, 0.1) is 5.41 Å². The summed E-state index contributed by atoms with van der Waals surface area (Å²) in [6.45, 7) is 5.99. The Morgan fingerprint density at radius 3 is 2.73 bits per heavy atom. The SMILES string of the molecule is COc1cccc(CN2C(=NC(=O)C(C)(C)C)S[C@H]3CS(=O)(=O)C[C@H]32)c1. The molecule has 2 heterocycles. The predicted octanol–water partition coefficient (Wildman–Crippen LogP) is 2.34. The third kappa shape index (κ3) is 4.06. The van der Waals surface area contributed by atoms with Crippen molar-refractivity contribution in [2.75, 3.05) is 18.6 Å². The molecule has 0 radical (unpaired) electrons. The number of benzene rings is 1. The predicted molar refractivity (Wildman–Crippen MR) is 104 cm³/mol. The number of hydrogen-bond acceptors (Lipinski definition) is 5. The largest absolute Gasteiger partial charge is 0.497 e. The highest BCUT2D eigenvalue weighted by Gasteiger charge is 2.48. The highest BCUT2D eigenvalue weighted by atomic mass is 32.2. The minimum Gasteiger partial charge on any atom is -0.497 e. The van der Waals surface area contributed by atoms with Crippen LogP contribution >= 0.6 is 11.8 Å². The maximum Gasteiger partial charge on any atom is 0.253 e. The number of rotatable bonds is 3. The zero-order valence-electron chi connectivity index (χ0n) is 15.4. The second kappa shape index (κ2) is 6.88. The molecule has 2 fully saturated rings. The quantitative estimate of drug-likeness (QED) is 0.781. The number of aliphatic imine (C=N–C) groups is 1. The van der Waals surface area contributed by atoms with Crippen LogP contribution < -0.4 is 4.74 Å². The van der Waals surface area contributed by atoms with E-state index in [-0.39, 0.29) is 28.7 Å². The Balaban J connectivity index is 1.92. The van der Waals surface area contributed by atoms with Gasteiger partial charge in [0.2, 0.25) is 0 Å². The van der Waals surface area contributed by atoms with Gasteiger partial charge in [-0.2, -0.15) is 4.99 Å². The molecular weight excluding hydrogens is 372 g/mol. The second-order valence-corrected chi connectivity index (χ2v) is 11.1. The van der Waals surface area contributed by atoms with Gasteiger partial charge in [0.05, 0.1) is 24.7 Å². The third-order valence-corrected chi connectivity index (χ3v) is 7.75. The minimum absolute atomic E-state index is 0.0721. The molecule has 6 nitrogen and oxygen atoms in total. The van der Waals surface area contributed by atoms with Gasteiger partial charge in [-0.3, -0.25) is 4.79 Å². The Morgan fingerprint density at radius 2 is 2.08 bits per heavy atom. The summed E-state index contributed by atoms with van der Waals surface area (Å²) in [6, 6.07) is 7.50. The van der Waals surface area contributed by atoms with Crippen molar-refractivity contribution in [2.45, 2.75) is 38.6 Å². The number of methoxy groups -OCH3 is 1. The standard InChI is InChI=1S/C18H24N2O4S2/c1-18(2,3)16(21)19-17-20(9-12-6-5-7-13(8-12)24-4)14-10-26(22,23)11-15(14)25-17/h5-8,14-15H,9-11H2,1-4H3/t14-,15+/m1/s1. The van der Waals surface area contributed by atoms with Gasteiger partial charge < -0.3 is 9.64 Å². The molecule has 142 valence electrons. The Labute approximate surface area is 158 Å². The summed E-state index contributed by atoms with van der Waals surface area (Å²) in [7, 11) is -1.44. The number of amides is 1. The molecule has 2 aliphatic heterocycles. The zero-order valence-corrected chi connectivity index (χ0v) is 17.1. The van der Waals surface area contributed by atoms with E-state index in [1.54, 1.807) is 7.11 Å². The van der Waals surface area contributed by atoms with Gasteiger partial charge in [0.15, 0.2) is 15.0 Å². The van der Waals surface area contributed by atoms with E-state index in [2.05, 4.69) is 4.99 Å². The summed E-state index contributed by atoms with van der Waals surface area (Å²) in [4.78, 5) is 18.7.